The lowest BCUT2D eigenvalue weighted by molar-refractivity contribution is -0.122. The van der Waals surface area contributed by atoms with E-state index in [-0.39, 0.29) is 10.7 Å². The molecule has 0 amide bonds. The van der Waals surface area contributed by atoms with Crippen molar-refractivity contribution >= 4 is 16.8 Å². The highest BCUT2D eigenvalue weighted by Gasteiger charge is 2.37. The van der Waals surface area contributed by atoms with Crippen molar-refractivity contribution in [2.24, 2.45) is 11.3 Å². The number of nitrogens with zero attached hydrogens (tertiary/aromatic N) is 1. The number of carbonyl (C=O) groups is 1. The van der Waals surface area contributed by atoms with Crippen molar-refractivity contribution in [2.45, 2.75) is 97.8 Å². The highest BCUT2D eigenvalue weighted by atomic mass is 35.5. The third-order valence-corrected chi connectivity index (χ3v) is 6.43. The number of piperidine rings is 1. The maximum Gasteiger partial charge on any atom is 0.227 e. The SMILES string of the molecule is CCCCCCCCCCCCN1CCC(C(C)(C)C(=O)Cl)CC1. The van der Waals surface area contributed by atoms with Gasteiger partial charge in [0.2, 0.25) is 5.24 Å². The smallest absolute Gasteiger partial charge is 0.227 e. The number of hydrogen-bond donors (Lipinski definition) is 0. The molecule has 1 fully saturated rings. The normalized spacial score (nSPS) is 17.3. The molecule has 0 spiro atoms. The summed E-state index contributed by atoms with van der Waals surface area (Å²) in [5.74, 6) is 0.450. The molecule has 1 aliphatic rings. The van der Waals surface area contributed by atoms with Crippen LogP contribution in [0.5, 0.6) is 0 Å². The van der Waals surface area contributed by atoms with E-state index < -0.39 is 0 Å². The molecule has 0 aromatic heterocycles. The minimum atomic E-state index is -0.356. The Balaban J connectivity index is 1.98. The van der Waals surface area contributed by atoms with Crippen LogP contribution in [-0.4, -0.2) is 29.8 Å². The predicted octanol–water partition coefficient (Wildman–Crippen LogP) is 6.41. The summed E-state index contributed by atoms with van der Waals surface area (Å²) in [6, 6.07) is 0. The van der Waals surface area contributed by atoms with Crippen LogP contribution >= 0.6 is 11.6 Å². The molecular formula is C21H40ClNO. The summed E-state index contributed by atoms with van der Waals surface area (Å²) in [5.41, 5.74) is -0.356. The van der Waals surface area contributed by atoms with Crippen LogP contribution < -0.4 is 0 Å². The summed E-state index contributed by atoms with van der Waals surface area (Å²) in [6.07, 6.45) is 16.2. The van der Waals surface area contributed by atoms with Crippen LogP contribution in [0.3, 0.4) is 0 Å². The van der Waals surface area contributed by atoms with E-state index in [1.165, 1.54) is 70.8 Å². The number of unbranched alkanes of at least 4 members (excludes halogenated alkanes) is 9. The summed E-state index contributed by atoms with van der Waals surface area (Å²) in [4.78, 5) is 14.1. The second-order valence-corrected chi connectivity index (χ2v) is 8.64. The van der Waals surface area contributed by atoms with Crippen molar-refractivity contribution in [2.75, 3.05) is 19.6 Å². The van der Waals surface area contributed by atoms with Gasteiger partial charge in [0.25, 0.3) is 0 Å². The quantitative estimate of drug-likeness (QED) is 0.280. The fourth-order valence-corrected chi connectivity index (χ4v) is 4.02. The zero-order valence-electron chi connectivity index (χ0n) is 16.4. The molecule has 0 aliphatic carbocycles. The van der Waals surface area contributed by atoms with Crippen molar-refractivity contribution < 1.29 is 4.79 Å². The van der Waals surface area contributed by atoms with Crippen molar-refractivity contribution in [1.82, 2.24) is 4.90 Å². The van der Waals surface area contributed by atoms with E-state index in [2.05, 4.69) is 11.8 Å². The topological polar surface area (TPSA) is 20.3 Å². The molecule has 1 saturated heterocycles. The van der Waals surface area contributed by atoms with Gasteiger partial charge in [-0.3, -0.25) is 4.79 Å². The van der Waals surface area contributed by atoms with Gasteiger partial charge >= 0.3 is 0 Å². The molecule has 3 heteroatoms. The molecule has 0 aromatic rings. The van der Waals surface area contributed by atoms with E-state index in [9.17, 15) is 4.79 Å². The van der Waals surface area contributed by atoms with Crippen LogP contribution in [-0.2, 0) is 4.79 Å². The highest BCUT2D eigenvalue weighted by molar-refractivity contribution is 6.64. The van der Waals surface area contributed by atoms with Gasteiger partial charge in [-0.15, -0.1) is 0 Å². The van der Waals surface area contributed by atoms with E-state index in [0.717, 1.165) is 25.9 Å². The van der Waals surface area contributed by atoms with Gasteiger partial charge in [-0.2, -0.15) is 0 Å². The zero-order chi connectivity index (χ0) is 17.8. The molecule has 1 rings (SSSR count). The van der Waals surface area contributed by atoms with E-state index in [1.54, 1.807) is 0 Å². The lowest BCUT2D eigenvalue weighted by Crippen LogP contribution is -2.41. The third-order valence-electron chi connectivity index (χ3n) is 5.94. The first-order chi connectivity index (χ1) is 11.5. The molecule has 24 heavy (non-hydrogen) atoms. The van der Waals surface area contributed by atoms with Crippen LogP contribution in [0.25, 0.3) is 0 Å². The number of likely N-dealkylation sites (tertiary alicyclic amines) is 1. The van der Waals surface area contributed by atoms with E-state index in [1.807, 2.05) is 13.8 Å². The fraction of sp³-hybridized carbons (Fsp3) is 0.952. The van der Waals surface area contributed by atoms with Crippen LogP contribution in [0.1, 0.15) is 97.8 Å². The molecule has 1 aliphatic heterocycles. The van der Waals surface area contributed by atoms with Crippen LogP contribution in [0.15, 0.2) is 0 Å². The Hall–Kier alpha value is -0.0800. The largest absolute Gasteiger partial charge is 0.303 e. The minimum absolute atomic E-state index is 0.171. The summed E-state index contributed by atoms with van der Waals surface area (Å²) in [7, 11) is 0. The van der Waals surface area contributed by atoms with Crippen LogP contribution in [0, 0.1) is 11.3 Å². The second kappa shape index (κ2) is 12.3. The Kier molecular flexibility index (Phi) is 11.3. The van der Waals surface area contributed by atoms with Gasteiger partial charge in [0.05, 0.1) is 0 Å². The van der Waals surface area contributed by atoms with Gasteiger partial charge in [-0.1, -0.05) is 78.6 Å². The van der Waals surface area contributed by atoms with Crippen LogP contribution in [0.4, 0.5) is 0 Å². The number of halogens is 1. The summed E-state index contributed by atoms with van der Waals surface area (Å²) in [5, 5.41) is -0.171. The lowest BCUT2D eigenvalue weighted by atomic mass is 9.74. The molecule has 0 N–H and O–H groups in total. The maximum absolute atomic E-state index is 11.6. The summed E-state index contributed by atoms with van der Waals surface area (Å²) >= 11 is 5.77. The zero-order valence-corrected chi connectivity index (χ0v) is 17.2. The molecule has 0 radical (unpaired) electrons. The monoisotopic (exact) mass is 357 g/mol. The van der Waals surface area contributed by atoms with Crippen molar-refractivity contribution in [3.05, 3.63) is 0 Å². The molecule has 0 bridgehead atoms. The minimum Gasteiger partial charge on any atom is -0.303 e. The molecule has 0 saturated carbocycles. The van der Waals surface area contributed by atoms with Gasteiger partial charge in [0, 0.05) is 5.41 Å². The van der Waals surface area contributed by atoms with Crippen molar-refractivity contribution in [3.63, 3.8) is 0 Å². The Labute approximate surface area is 155 Å². The van der Waals surface area contributed by atoms with Gasteiger partial charge in [-0.05, 0) is 56.4 Å². The first kappa shape index (κ1) is 22.0. The van der Waals surface area contributed by atoms with E-state index in [4.69, 9.17) is 11.6 Å². The molecule has 2 nitrogen and oxygen atoms in total. The van der Waals surface area contributed by atoms with Crippen molar-refractivity contribution in [1.29, 1.82) is 0 Å². The van der Waals surface area contributed by atoms with Crippen LogP contribution in [0.2, 0.25) is 0 Å². The Bertz CT molecular complexity index is 335. The third kappa shape index (κ3) is 8.34. The predicted molar refractivity (Wildman–Crippen MR) is 106 cm³/mol. The molecule has 0 aromatic carbocycles. The molecule has 0 atom stereocenters. The molecule has 142 valence electrons. The molecule has 1 heterocycles. The summed E-state index contributed by atoms with van der Waals surface area (Å²) in [6.45, 7) is 9.79. The lowest BCUT2D eigenvalue weighted by Gasteiger charge is -2.38. The Morgan fingerprint density at radius 2 is 1.38 bits per heavy atom. The number of rotatable bonds is 13. The number of carbonyl (C=O) groups excluding carboxylic acids is 1. The van der Waals surface area contributed by atoms with Gasteiger partial charge in [0.15, 0.2) is 0 Å². The van der Waals surface area contributed by atoms with Gasteiger partial charge in [0.1, 0.15) is 0 Å². The maximum atomic E-state index is 11.6. The van der Waals surface area contributed by atoms with Crippen molar-refractivity contribution in [3.8, 4) is 0 Å². The van der Waals surface area contributed by atoms with Gasteiger partial charge in [-0.25, -0.2) is 0 Å². The highest BCUT2D eigenvalue weighted by Crippen LogP contribution is 2.36. The Morgan fingerprint density at radius 1 is 0.917 bits per heavy atom. The van der Waals surface area contributed by atoms with E-state index in [0.29, 0.717) is 5.92 Å². The van der Waals surface area contributed by atoms with Gasteiger partial charge < -0.3 is 4.90 Å². The van der Waals surface area contributed by atoms with E-state index >= 15 is 0 Å². The summed E-state index contributed by atoms with van der Waals surface area (Å²) < 4.78 is 0. The first-order valence-corrected chi connectivity index (χ1v) is 10.8. The fourth-order valence-electron chi connectivity index (χ4n) is 3.86. The average molecular weight is 358 g/mol. The standard InChI is InChI=1S/C21H40ClNO/c1-4-5-6-7-8-9-10-11-12-13-16-23-17-14-19(15-18-23)21(2,3)20(22)24/h19H,4-18H2,1-3H3. The number of hydrogen-bond acceptors (Lipinski definition) is 2. The second-order valence-electron chi connectivity index (χ2n) is 8.29. The first-order valence-electron chi connectivity index (χ1n) is 10.4. The average Bonchev–Trinajstić information content (AvgIpc) is 2.57. The molecular weight excluding hydrogens is 318 g/mol. The molecule has 0 unspecified atom stereocenters. The Morgan fingerprint density at radius 3 is 1.83 bits per heavy atom.